The second-order valence-electron chi connectivity index (χ2n) is 9.43. The van der Waals surface area contributed by atoms with Gasteiger partial charge in [-0.15, -0.1) is 0 Å². The van der Waals surface area contributed by atoms with Crippen molar-refractivity contribution in [2.45, 2.75) is 44.1 Å². The summed E-state index contributed by atoms with van der Waals surface area (Å²) < 4.78 is 19.6. The molecule has 3 aromatic rings. The minimum absolute atomic E-state index is 0.0480. The second-order valence-corrected chi connectivity index (χ2v) is 9.43. The molecule has 168 valence electrons. The van der Waals surface area contributed by atoms with Crippen molar-refractivity contribution in [3.8, 4) is 6.07 Å². The number of nitriles is 1. The minimum Gasteiger partial charge on any atom is -0.373 e. The van der Waals surface area contributed by atoms with E-state index in [1.54, 1.807) is 31.4 Å². The van der Waals surface area contributed by atoms with E-state index in [2.05, 4.69) is 9.97 Å². The molecule has 0 aliphatic heterocycles. The number of rotatable bonds is 6. The van der Waals surface area contributed by atoms with Crippen molar-refractivity contribution >= 4 is 16.7 Å². The van der Waals surface area contributed by atoms with Crippen molar-refractivity contribution in [1.82, 2.24) is 9.97 Å². The molecular formula is C27H26FN3O2. The molecule has 5 nitrogen and oxygen atoms in total. The first-order valence-corrected chi connectivity index (χ1v) is 11.5. The number of ether oxygens (including phenoxy) is 1. The number of hydrogen-bond donors (Lipinski definition) is 0. The number of hydrogen-bond acceptors (Lipinski definition) is 5. The molecule has 0 bridgehead atoms. The van der Waals surface area contributed by atoms with Gasteiger partial charge in [-0.1, -0.05) is 0 Å². The van der Waals surface area contributed by atoms with Crippen molar-refractivity contribution in [3.05, 3.63) is 71.4 Å². The van der Waals surface area contributed by atoms with Crippen LogP contribution in [0, 0.1) is 34.9 Å². The Morgan fingerprint density at radius 1 is 1.15 bits per heavy atom. The van der Waals surface area contributed by atoms with E-state index in [4.69, 9.17) is 10.00 Å². The third-order valence-electron chi connectivity index (χ3n) is 7.54. The Kier molecular flexibility index (Phi) is 5.90. The third-order valence-corrected chi connectivity index (χ3v) is 7.54. The summed E-state index contributed by atoms with van der Waals surface area (Å²) in [6.45, 7) is 0. The fourth-order valence-electron chi connectivity index (χ4n) is 6.12. The van der Waals surface area contributed by atoms with E-state index in [1.165, 1.54) is 17.8 Å². The van der Waals surface area contributed by atoms with Gasteiger partial charge in [0, 0.05) is 30.6 Å². The number of halogens is 1. The average molecular weight is 444 g/mol. The van der Waals surface area contributed by atoms with Crippen LogP contribution in [0.5, 0.6) is 0 Å². The number of ketones is 1. The predicted molar refractivity (Wildman–Crippen MR) is 122 cm³/mol. The van der Waals surface area contributed by atoms with Crippen LogP contribution in [0.25, 0.3) is 10.9 Å². The molecular weight excluding hydrogens is 417 g/mol. The highest BCUT2D eigenvalue weighted by atomic mass is 19.1. The lowest BCUT2D eigenvalue weighted by Gasteiger charge is -2.23. The molecule has 0 saturated heterocycles. The van der Waals surface area contributed by atoms with Crippen LogP contribution in [0.2, 0.25) is 0 Å². The number of carbonyl (C=O) groups is 1. The Morgan fingerprint density at radius 2 is 1.94 bits per heavy atom. The molecule has 5 atom stereocenters. The highest BCUT2D eigenvalue weighted by Crippen LogP contribution is 2.54. The fourth-order valence-corrected chi connectivity index (χ4v) is 6.12. The summed E-state index contributed by atoms with van der Waals surface area (Å²) in [7, 11) is 1.61. The number of nitrogens with zero attached hydrogens (tertiary/aromatic N) is 3. The molecule has 0 radical (unpaired) electrons. The van der Waals surface area contributed by atoms with Crippen molar-refractivity contribution < 1.29 is 13.9 Å². The van der Waals surface area contributed by atoms with Crippen molar-refractivity contribution in [2.24, 2.45) is 17.8 Å². The predicted octanol–water partition coefficient (Wildman–Crippen LogP) is 4.99. The van der Waals surface area contributed by atoms with E-state index in [0.29, 0.717) is 29.0 Å². The molecule has 5 rings (SSSR count). The van der Waals surface area contributed by atoms with Crippen LogP contribution in [-0.2, 0) is 16.0 Å². The summed E-state index contributed by atoms with van der Waals surface area (Å²) >= 11 is 0. The molecule has 33 heavy (non-hydrogen) atoms. The van der Waals surface area contributed by atoms with E-state index < -0.39 is 6.10 Å². The molecule has 0 N–H and O–H groups in total. The smallest absolute Gasteiger partial charge is 0.167 e. The van der Waals surface area contributed by atoms with E-state index in [9.17, 15) is 9.18 Å². The highest BCUT2D eigenvalue weighted by molar-refractivity contribution is 5.85. The zero-order valence-electron chi connectivity index (χ0n) is 18.6. The maximum absolute atomic E-state index is 13.9. The Hall–Kier alpha value is -3.17. The summed E-state index contributed by atoms with van der Waals surface area (Å²) in [5, 5.41) is 9.83. The topological polar surface area (TPSA) is 75.9 Å². The van der Waals surface area contributed by atoms with Crippen LogP contribution >= 0.6 is 0 Å². The Bertz CT molecular complexity index is 1210. The maximum atomic E-state index is 13.9. The molecule has 2 aromatic heterocycles. The van der Waals surface area contributed by atoms with Crippen LogP contribution in [0.1, 0.15) is 48.4 Å². The Labute approximate surface area is 192 Å². The van der Waals surface area contributed by atoms with Gasteiger partial charge >= 0.3 is 0 Å². The molecule has 0 amide bonds. The number of Topliss-reactive ketones (excluding diaryl/α,β-unsaturated/α-hetero) is 1. The lowest BCUT2D eigenvalue weighted by molar-refractivity contribution is -0.131. The summed E-state index contributed by atoms with van der Waals surface area (Å²) in [4.78, 5) is 21.6. The standard InChI is InChI=1S/C27H26FN3O2/c1-33-27(26(32)13-22-4-2-16(14-29)15-31-22)20-10-17-8-19(9-18(17)11-20)23-6-7-30-25-5-3-21(28)12-24(23)25/h2-7,12,15,17-20,27H,8-11,13H2,1H3/t17-,18+,19?,20?,27?. The van der Waals surface area contributed by atoms with Gasteiger partial charge in [-0.05, 0) is 91.3 Å². The average Bonchev–Trinajstić information content (AvgIpc) is 3.39. The van der Waals surface area contributed by atoms with E-state index in [-0.39, 0.29) is 23.9 Å². The summed E-state index contributed by atoms with van der Waals surface area (Å²) in [6.07, 6.45) is 7.17. The van der Waals surface area contributed by atoms with Gasteiger partial charge in [0.25, 0.3) is 0 Å². The van der Waals surface area contributed by atoms with Gasteiger partial charge in [0.2, 0.25) is 0 Å². The first-order valence-electron chi connectivity index (χ1n) is 11.5. The number of benzene rings is 1. The number of carbonyl (C=O) groups excluding carboxylic acids is 1. The first kappa shape index (κ1) is 21.7. The number of aromatic nitrogens is 2. The Balaban J connectivity index is 1.25. The maximum Gasteiger partial charge on any atom is 0.167 e. The van der Waals surface area contributed by atoms with Gasteiger partial charge in [0.05, 0.1) is 17.5 Å². The fraction of sp³-hybridized carbons (Fsp3) is 0.407. The van der Waals surface area contributed by atoms with E-state index >= 15 is 0 Å². The molecule has 2 heterocycles. The Morgan fingerprint density at radius 3 is 2.61 bits per heavy atom. The van der Waals surface area contributed by atoms with Crippen LogP contribution in [0.3, 0.4) is 0 Å². The lowest BCUT2D eigenvalue weighted by atomic mass is 9.87. The van der Waals surface area contributed by atoms with Gasteiger partial charge in [-0.3, -0.25) is 14.8 Å². The molecule has 1 aromatic carbocycles. The van der Waals surface area contributed by atoms with Gasteiger partial charge in [-0.25, -0.2) is 4.39 Å². The van der Waals surface area contributed by atoms with Gasteiger partial charge in [-0.2, -0.15) is 5.26 Å². The number of methoxy groups -OCH3 is 1. The zero-order chi connectivity index (χ0) is 22.9. The molecule has 3 unspecified atom stereocenters. The summed E-state index contributed by atoms with van der Waals surface area (Å²) in [6, 6.07) is 12.3. The van der Waals surface area contributed by atoms with Gasteiger partial charge in [0.1, 0.15) is 18.0 Å². The quantitative estimate of drug-likeness (QED) is 0.537. The minimum atomic E-state index is -0.428. The largest absolute Gasteiger partial charge is 0.373 e. The number of pyridine rings is 2. The summed E-state index contributed by atoms with van der Waals surface area (Å²) in [5.74, 6) is 1.53. The zero-order valence-corrected chi connectivity index (χ0v) is 18.6. The normalized spacial score (nSPS) is 25.0. The first-order chi connectivity index (χ1) is 16.1. The van der Waals surface area contributed by atoms with Crippen molar-refractivity contribution in [1.29, 1.82) is 5.26 Å². The lowest BCUT2D eigenvalue weighted by Crippen LogP contribution is -2.32. The van der Waals surface area contributed by atoms with Crippen LogP contribution in [-0.4, -0.2) is 29.0 Å². The van der Waals surface area contributed by atoms with Gasteiger partial charge in [0.15, 0.2) is 5.78 Å². The van der Waals surface area contributed by atoms with E-state index in [0.717, 1.165) is 36.6 Å². The van der Waals surface area contributed by atoms with Crippen molar-refractivity contribution in [3.63, 3.8) is 0 Å². The molecule has 0 spiro atoms. The second kappa shape index (κ2) is 8.99. The van der Waals surface area contributed by atoms with Crippen LogP contribution in [0.4, 0.5) is 4.39 Å². The van der Waals surface area contributed by atoms with Crippen LogP contribution < -0.4 is 0 Å². The SMILES string of the molecule is COC(C(=O)Cc1ccc(C#N)cn1)C1C[C@H]2CC(c3ccnc4ccc(F)cc34)C[C@H]2C1. The highest BCUT2D eigenvalue weighted by Gasteiger charge is 2.46. The molecule has 2 aliphatic rings. The third kappa shape index (κ3) is 4.26. The summed E-state index contributed by atoms with van der Waals surface area (Å²) in [5.41, 5.74) is 3.18. The van der Waals surface area contributed by atoms with Gasteiger partial charge < -0.3 is 4.74 Å². The van der Waals surface area contributed by atoms with Crippen LogP contribution in [0.15, 0.2) is 48.8 Å². The molecule has 2 aliphatic carbocycles. The van der Waals surface area contributed by atoms with Crippen molar-refractivity contribution in [2.75, 3.05) is 7.11 Å². The number of fused-ring (bicyclic) bond motifs is 2. The monoisotopic (exact) mass is 443 g/mol. The molecule has 2 fully saturated rings. The molecule has 6 heteroatoms. The van der Waals surface area contributed by atoms with E-state index in [1.807, 2.05) is 18.3 Å². The molecule has 2 saturated carbocycles.